The SMILES string of the molecule is CC(CCn1cccc1)(C(=O)O)c1ccccc1. The van der Waals surface area contributed by atoms with E-state index in [1.807, 2.05) is 59.4 Å². The van der Waals surface area contributed by atoms with Crippen molar-refractivity contribution in [2.75, 3.05) is 0 Å². The number of carboxylic acid groups (broad SMARTS) is 1. The molecule has 0 saturated heterocycles. The standard InChI is InChI=1S/C15H17NO2/c1-15(14(17)18,13-7-3-2-4-8-13)9-12-16-10-5-6-11-16/h2-8,10-11H,9,12H2,1H3,(H,17,18). The fourth-order valence-corrected chi connectivity index (χ4v) is 2.05. The third-order valence-corrected chi connectivity index (χ3v) is 3.42. The third-order valence-electron chi connectivity index (χ3n) is 3.42. The first-order valence-electron chi connectivity index (χ1n) is 6.02. The molecule has 1 aromatic heterocycles. The lowest BCUT2D eigenvalue weighted by atomic mass is 9.79. The summed E-state index contributed by atoms with van der Waals surface area (Å²) >= 11 is 0. The number of hydrogen-bond acceptors (Lipinski definition) is 1. The van der Waals surface area contributed by atoms with Crippen LogP contribution in [0.3, 0.4) is 0 Å². The molecule has 94 valence electrons. The fraction of sp³-hybridized carbons (Fsp3) is 0.267. The van der Waals surface area contributed by atoms with Gasteiger partial charge in [0.1, 0.15) is 0 Å². The highest BCUT2D eigenvalue weighted by Crippen LogP contribution is 2.28. The van der Waals surface area contributed by atoms with E-state index in [2.05, 4.69) is 0 Å². The minimum absolute atomic E-state index is 0.570. The molecule has 0 saturated carbocycles. The van der Waals surface area contributed by atoms with Crippen LogP contribution in [0.2, 0.25) is 0 Å². The predicted molar refractivity (Wildman–Crippen MR) is 70.5 cm³/mol. The average molecular weight is 243 g/mol. The van der Waals surface area contributed by atoms with Crippen LogP contribution >= 0.6 is 0 Å². The van der Waals surface area contributed by atoms with E-state index in [-0.39, 0.29) is 0 Å². The van der Waals surface area contributed by atoms with Crippen molar-refractivity contribution in [2.24, 2.45) is 0 Å². The van der Waals surface area contributed by atoms with Crippen LogP contribution in [0.5, 0.6) is 0 Å². The van der Waals surface area contributed by atoms with Gasteiger partial charge in [-0.25, -0.2) is 0 Å². The van der Waals surface area contributed by atoms with Crippen LogP contribution in [0.25, 0.3) is 0 Å². The number of benzene rings is 1. The number of aryl methyl sites for hydroxylation is 1. The van der Waals surface area contributed by atoms with E-state index in [1.165, 1.54) is 0 Å². The van der Waals surface area contributed by atoms with Crippen molar-refractivity contribution in [2.45, 2.75) is 25.3 Å². The monoisotopic (exact) mass is 243 g/mol. The molecule has 0 fully saturated rings. The second-order valence-corrected chi connectivity index (χ2v) is 4.67. The van der Waals surface area contributed by atoms with Crippen molar-refractivity contribution < 1.29 is 9.90 Å². The molecule has 0 aliphatic heterocycles. The molecule has 2 aromatic rings. The van der Waals surface area contributed by atoms with Gasteiger partial charge in [0, 0.05) is 18.9 Å². The summed E-state index contributed by atoms with van der Waals surface area (Å²) in [6.07, 6.45) is 4.47. The fourth-order valence-electron chi connectivity index (χ4n) is 2.05. The first-order valence-corrected chi connectivity index (χ1v) is 6.02. The largest absolute Gasteiger partial charge is 0.481 e. The number of nitrogens with zero attached hydrogens (tertiary/aromatic N) is 1. The molecule has 0 spiro atoms. The lowest BCUT2D eigenvalue weighted by Crippen LogP contribution is -2.33. The van der Waals surface area contributed by atoms with Gasteiger partial charge in [-0.15, -0.1) is 0 Å². The van der Waals surface area contributed by atoms with E-state index in [1.54, 1.807) is 6.92 Å². The highest BCUT2D eigenvalue weighted by Gasteiger charge is 2.34. The van der Waals surface area contributed by atoms with Crippen LogP contribution in [0.1, 0.15) is 18.9 Å². The van der Waals surface area contributed by atoms with Gasteiger partial charge >= 0.3 is 5.97 Å². The van der Waals surface area contributed by atoms with Gasteiger partial charge in [0.15, 0.2) is 0 Å². The minimum Gasteiger partial charge on any atom is -0.481 e. The van der Waals surface area contributed by atoms with Crippen LogP contribution in [0.15, 0.2) is 54.9 Å². The van der Waals surface area contributed by atoms with Crippen molar-refractivity contribution in [3.8, 4) is 0 Å². The Morgan fingerprint density at radius 3 is 2.33 bits per heavy atom. The van der Waals surface area contributed by atoms with E-state index in [4.69, 9.17) is 0 Å². The molecule has 0 aliphatic carbocycles. The predicted octanol–water partition coefficient (Wildman–Crippen LogP) is 2.92. The van der Waals surface area contributed by atoms with Crippen molar-refractivity contribution in [1.29, 1.82) is 0 Å². The van der Waals surface area contributed by atoms with Crippen LogP contribution in [-0.4, -0.2) is 15.6 Å². The number of carbonyl (C=O) groups is 1. The van der Waals surface area contributed by atoms with Crippen molar-refractivity contribution >= 4 is 5.97 Å². The zero-order valence-corrected chi connectivity index (χ0v) is 10.4. The second kappa shape index (κ2) is 5.08. The number of aromatic nitrogens is 1. The average Bonchev–Trinajstić information content (AvgIpc) is 2.90. The molecule has 0 radical (unpaired) electrons. The molecule has 0 amide bonds. The summed E-state index contributed by atoms with van der Waals surface area (Å²) in [4.78, 5) is 11.6. The van der Waals surface area contributed by atoms with Crippen LogP contribution in [0, 0.1) is 0 Å². The minimum atomic E-state index is -0.842. The molecule has 1 aromatic carbocycles. The van der Waals surface area contributed by atoms with E-state index in [0.717, 1.165) is 5.56 Å². The molecule has 1 atom stereocenters. The van der Waals surface area contributed by atoms with E-state index < -0.39 is 11.4 Å². The molecule has 1 unspecified atom stereocenters. The third kappa shape index (κ3) is 2.45. The van der Waals surface area contributed by atoms with Gasteiger partial charge in [-0.2, -0.15) is 0 Å². The van der Waals surface area contributed by atoms with Gasteiger partial charge in [0.25, 0.3) is 0 Å². The Balaban J connectivity index is 2.20. The first kappa shape index (κ1) is 12.4. The van der Waals surface area contributed by atoms with Gasteiger partial charge in [0.05, 0.1) is 5.41 Å². The number of carboxylic acids is 1. The maximum absolute atomic E-state index is 11.6. The lowest BCUT2D eigenvalue weighted by Gasteiger charge is -2.25. The summed E-state index contributed by atoms with van der Waals surface area (Å²) in [6, 6.07) is 13.3. The summed E-state index contributed by atoms with van der Waals surface area (Å²) in [7, 11) is 0. The van der Waals surface area contributed by atoms with Gasteiger partial charge in [-0.3, -0.25) is 4.79 Å². The lowest BCUT2D eigenvalue weighted by molar-refractivity contribution is -0.143. The summed E-state index contributed by atoms with van der Waals surface area (Å²) in [5.74, 6) is -0.777. The molecule has 1 heterocycles. The first-order chi connectivity index (χ1) is 8.63. The Morgan fingerprint density at radius 1 is 1.17 bits per heavy atom. The summed E-state index contributed by atoms with van der Waals surface area (Å²) in [5.41, 5.74) is 0.00980. The molecule has 0 bridgehead atoms. The Morgan fingerprint density at radius 2 is 1.78 bits per heavy atom. The molecular weight excluding hydrogens is 226 g/mol. The Hall–Kier alpha value is -2.03. The van der Waals surface area contributed by atoms with Crippen molar-refractivity contribution in [1.82, 2.24) is 4.57 Å². The van der Waals surface area contributed by atoms with Gasteiger partial charge in [0.2, 0.25) is 0 Å². The van der Waals surface area contributed by atoms with Crippen LogP contribution in [-0.2, 0) is 16.8 Å². The highest BCUT2D eigenvalue weighted by molar-refractivity contribution is 5.80. The normalized spacial score (nSPS) is 14.1. The molecule has 18 heavy (non-hydrogen) atoms. The number of aliphatic carboxylic acids is 1. The van der Waals surface area contributed by atoms with Gasteiger partial charge in [-0.1, -0.05) is 30.3 Å². The van der Waals surface area contributed by atoms with Crippen LogP contribution in [0.4, 0.5) is 0 Å². The van der Waals surface area contributed by atoms with Crippen molar-refractivity contribution in [3.05, 3.63) is 60.4 Å². The molecule has 2 rings (SSSR count). The molecular formula is C15H17NO2. The summed E-state index contributed by atoms with van der Waals surface area (Å²) in [6.45, 7) is 2.48. The topological polar surface area (TPSA) is 42.2 Å². The summed E-state index contributed by atoms with van der Waals surface area (Å²) < 4.78 is 2.00. The Labute approximate surface area is 107 Å². The van der Waals surface area contributed by atoms with E-state index in [9.17, 15) is 9.90 Å². The quantitative estimate of drug-likeness (QED) is 0.877. The molecule has 3 heteroatoms. The molecule has 0 aliphatic rings. The smallest absolute Gasteiger partial charge is 0.313 e. The summed E-state index contributed by atoms with van der Waals surface area (Å²) in [5, 5.41) is 9.51. The number of rotatable bonds is 5. The maximum atomic E-state index is 11.6. The number of hydrogen-bond donors (Lipinski definition) is 1. The Kier molecular flexibility index (Phi) is 3.51. The molecule has 3 nitrogen and oxygen atoms in total. The second-order valence-electron chi connectivity index (χ2n) is 4.67. The maximum Gasteiger partial charge on any atom is 0.313 e. The highest BCUT2D eigenvalue weighted by atomic mass is 16.4. The zero-order chi connectivity index (χ0) is 13.0. The van der Waals surface area contributed by atoms with Crippen LogP contribution < -0.4 is 0 Å². The van der Waals surface area contributed by atoms with Gasteiger partial charge in [-0.05, 0) is 31.0 Å². The zero-order valence-electron chi connectivity index (χ0n) is 10.4. The Bertz CT molecular complexity index is 505. The van der Waals surface area contributed by atoms with E-state index in [0.29, 0.717) is 13.0 Å². The van der Waals surface area contributed by atoms with E-state index >= 15 is 0 Å². The molecule has 1 N–H and O–H groups in total. The van der Waals surface area contributed by atoms with Gasteiger partial charge < -0.3 is 9.67 Å². The van der Waals surface area contributed by atoms with Crippen molar-refractivity contribution in [3.63, 3.8) is 0 Å².